The minimum Gasteiger partial charge on any atom is -0.497 e. The molecular formula is C23H22N2O3S. The van der Waals surface area contributed by atoms with Crippen molar-refractivity contribution in [1.29, 1.82) is 0 Å². The summed E-state index contributed by atoms with van der Waals surface area (Å²) >= 11 is 1.49. The molecule has 0 spiro atoms. The fourth-order valence-corrected chi connectivity index (χ4v) is 4.22. The van der Waals surface area contributed by atoms with Crippen molar-refractivity contribution in [2.75, 3.05) is 12.0 Å². The Labute approximate surface area is 173 Å². The van der Waals surface area contributed by atoms with Gasteiger partial charge in [0, 0.05) is 6.07 Å². The van der Waals surface area contributed by atoms with Crippen molar-refractivity contribution < 1.29 is 13.9 Å². The molecule has 0 aliphatic carbocycles. The van der Waals surface area contributed by atoms with Gasteiger partial charge in [-0.2, -0.15) is 0 Å². The van der Waals surface area contributed by atoms with Gasteiger partial charge >= 0.3 is 0 Å². The van der Waals surface area contributed by atoms with E-state index in [1.54, 1.807) is 18.3 Å². The van der Waals surface area contributed by atoms with Gasteiger partial charge < -0.3 is 9.15 Å². The summed E-state index contributed by atoms with van der Waals surface area (Å²) in [5.41, 5.74) is 4.14. The summed E-state index contributed by atoms with van der Waals surface area (Å²) in [7, 11) is 1.63. The average molecular weight is 407 g/mol. The Morgan fingerprint density at radius 3 is 2.76 bits per heavy atom. The summed E-state index contributed by atoms with van der Waals surface area (Å²) in [6, 6.07) is 15.6. The second kappa shape index (κ2) is 8.09. The van der Waals surface area contributed by atoms with Crippen LogP contribution in [0.5, 0.6) is 5.75 Å². The van der Waals surface area contributed by atoms with Crippen molar-refractivity contribution in [3.8, 4) is 5.75 Å². The van der Waals surface area contributed by atoms with Crippen molar-refractivity contribution in [3.05, 3.63) is 77.2 Å². The van der Waals surface area contributed by atoms with E-state index in [-0.39, 0.29) is 5.91 Å². The highest BCUT2D eigenvalue weighted by Gasteiger charge is 2.22. The van der Waals surface area contributed by atoms with E-state index >= 15 is 0 Å². The zero-order chi connectivity index (χ0) is 20.4. The number of methoxy groups -OCH3 is 1. The molecule has 2 heterocycles. The van der Waals surface area contributed by atoms with Gasteiger partial charge in [-0.15, -0.1) is 0 Å². The lowest BCUT2D eigenvalue weighted by molar-refractivity contribution is -0.118. The third-order valence-electron chi connectivity index (χ3n) is 4.85. The van der Waals surface area contributed by atoms with Gasteiger partial charge in [0.1, 0.15) is 11.5 Å². The van der Waals surface area contributed by atoms with Gasteiger partial charge in [-0.3, -0.25) is 9.69 Å². The number of carbonyl (C=O) groups excluding carboxylic acids is 1. The van der Waals surface area contributed by atoms with E-state index in [2.05, 4.69) is 13.0 Å². The highest BCUT2D eigenvalue weighted by molar-refractivity contribution is 7.22. The van der Waals surface area contributed by atoms with Gasteiger partial charge in [0.05, 0.1) is 36.6 Å². The largest absolute Gasteiger partial charge is 0.497 e. The van der Waals surface area contributed by atoms with E-state index in [9.17, 15) is 4.79 Å². The van der Waals surface area contributed by atoms with Gasteiger partial charge in [-0.25, -0.2) is 4.98 Å². The number of nitrogens with zero attached hydrogens (tertiary/aromatic N) is 2. The normalized spacial score (nSPS) is 11.0. The van der Waals surface area contributed by atoms with Crippen LogP contribution in [0.3, 0.4) is 0 Å². The molecule has 0 atom stereocenters. The second-order valence-corrected chi connectivity index (χ2v) is 8.01. The lowest BCUT2D eigenvalue weighted by Crippen LogP contribution is -2.31. The lowest BCUT2D eigenvalue weighted by atomic mass is 10.0. The second-order valence-electron chi connectivity index (χ2n) is 7.00. The summed E-state index contributed by atoms with van der Waals surface area (Å²) in [5, 5.41) is 0.652. The SMILES string of the molecule is COc1ccc2sc(N(Cc3ccco3)C(=O)Cc3ccc(C)cc3C)nc2c1. The summed E-state index contributed by atoms with van der Waals surface area (Å²) in [6.07, 6.45) is 1.93. The summed E-state index contributed by atoms with van der Waals surface area (Å²) in [6.45, 7) is 4.43. The van der Waals surface area contributed by atoms with Crippen LogP contribution in [0.2, 0.25) is 0 Å². The third kappa shape index (κ3) is 4.17. The van der Waals surface area contributed by atoms with Crippen LogP contribution in [0.1, 0.15) is 22.5 Å². The molecule has 0 bridgehead atoms. The minimum atomic E-state index is -0.0145. The zero-order valence-electron chi connectivity index (χ0n) is 16.6. The van der Waals surface area contributed by atoms with E-state index in [0.29, 0.717) is 18.1 Å². The van der Waals surface area contributed by atoms with Gasteiger partial charge in [0.15, 0.2) is 5.13 Å². The molecule has 0 radical (unpaired) electrons. The Morgan fingerprint density at radius 1 is 1.17 bits per heavy atom. The number of benzene rings is 2. The fourth-order valence-electron chi connectivity index (χ4n) is 3.26. The molecule has 5 nitrogen and oxygen atoms in total. The van der Waals surface area contributed by atoms with Gasteiger partial charge in [0.2, 0.25) is 5.91 Å². The fraction of sp³-hybridized carbons (Fsp3) is 0.217. The van der Waals surface area contributed by atoms with Crippen molar-refractivity contribution in [2.45, 2.75) is 26.8 Å². The Bertz CT molecular complexity index is 1150. The molecular weight excluding hydrogens is 384 g/mol. The Morgan fingerprint density at radius 2 is 2.03 bits per heavy atom. The number of thiazole rings is 1. The number of hydrogen-bond donors (Lipinski definition) is 0. The number of amides is 1. The molecule has 0 saturated heterocycles. The molecule has 2 aromatic heterocycles. The molecule has 6 heteroatoms. The monoisotopic (exact) mass is 406 g/mol. The number of fused-ring (bicyclic) bond motifs is 1. The van der Waals surface area contributed by atoms with Crippen LogP contribution in [0.4, 0.5) is 5.13 Å². The van der Waals surface area contributed by atoms with Crippen molar-refractivity contribution >= 4 is 32.6 Å². The highest BCUT2D eigenvalue weighted by Crippen LogP contribution is 2.32. The standard InChI is InChI=1S/C23H22N2O3S/c1-15-6-7-17(16(2)11-15)12-22(26)25(14-19-5-4-10-28-19)23-24-20-13-18(27-3)8-9-21(20)29-23/h4-11,13H,12,14H2,1-3H3. The molecule has 0 N–H and O–H groups in total. The van der Waals surface area contributed by atoms with Crippen LogP contribution in [-0.2, 0) is 17.8 Å². The van der Waals surface area contributed by atoms with Crippen molar-refractivity contribution in [1.82, 2.24) is 4.98 Å². The number of aryl methyl sites for hydroxylation is 2. The van der Waals surface area contributed by atoms with E-state index in [1.165, 1.54) is 16.9 Å². The average Bonchev–Trinajstić information content (AvgIpc) is 3.36. The van der Waals surface area contributed by atoms with Gasteiger partial charge in [-0.1, -0.05) is 35.1 Å². The first-order valence-electron chi connectivity index (χ1n) is 9.37. The smallest absolute Gasteiger partial charge is 0.233 e. The van der Waals surface area contributed by atoms with Crippen molar-refractivity contribution in [3.63, 3.8) is 0 Å². The predicted molar refractivity (Wildman–Crippen MR) is 116 cm³/mol. The van der Waals surface area contributed by atoms with Gasteiger partial charge in [0.25, 0.3) is 0 Å². The quantitative estimate of drug-likeness (QED) is 0.436. The van der Waals surface area contributed by atoms with Crippen LogP contribution < -0.4 is 9.64 Å². The number of aromatic nitrogens is 1. The molecule has 148 valence electrons. The van der Waals surface area contributed by atoms with E-state index in [0.717, 1.165) is 32.9 Å². The molecule has 2 aromatic carbocycles. The first kappa shape index (κ1) is 19.2. The summed E-state index contributed by atoms with van der Waals surface area (Å²) in [4.78, 5) is 19.7. The first-order valence-corrected chi connectivity index (χ1v) is 10.2. The summed E-state index contributed by atoms with van der Waals surface area (Å²) < 4.78 is 11.8. The van der Waals surface area contributed by atoms with Crippen LogP contribution in [0.15, 0.2) is 59.2 Å². The van der Waals surface area contributed by atoms with Crippen LogP contribution >= 0.6 is 11.3 Å². The minimum absolute atomic E-state index is 0.0145. The molecule has 29 heavy (non-hydrogen) atoms. The van der Waals surface area contributed by atoms with Gasteiger partial charge in [-0.05, 0) is 49.2 Å². The number of anilines is 1. The maximum absolute atomic E-state index is 13.3. The Kier molecular flexibility index (Phi) is 5.36. The number of hydrogen-bond acceptors (Lipinski definition) is 5. The third-order valence-corrected chi connectivity index (χ3v) is 5.91. The highest BCUT2D eigenvalue weighted by atomic mass is 32.1. The van der Waals surface area contributed by atoms with E-state index in [4.69, 9.17) is 14.1 Å². The van der Waals surface area contributed by atoms with E-state index in [1.807, 2.05) is 49.4 Å². The molecule has 0 unspecified atom stereocenters. The predicted octanol–water partition coefficient (Wildman–Crippen LogP) is 5.29. The molecule has 1 amide bonds. The number of rotatable bonds is 6. The number of carbonyl (C=O) groups is 1. The van der Waals surface area contributed by atoms with Crippen LogP contribution in [-0.4, -0.2) is 18.0 Å². The molecule has 4 rings (SSSR count). The Balaban J connectivity index is 1.68. The van der Waals surface area contributed by atoms with Crippen molar-refractivity contribution in [2.24, 2.45) is 0 Å². The lowest BCUT2D eigenvalue weighted by Gasteiger charge is -2.19. The van der Waals surface area contributed by atoms with Crippen LogP contribution in [0.25, 0.3) is 10.2 Å². The topological polar surface area (TPSA) is 55.6 Å². The van der Waals surface area contributed by atoms with Crippen LogP contribution in [0, 0.1) is 13.8 Å². The first-order chi connectivity index (χ1) is 14.0. The van der Waals surface area contributed by atoms with E-state index < -0.39 is 0 Å². The maximum atomic E-state index is 13.3. The number of ether oxygens (including phenoxy) is 1. The Hall–Kier alpha value is -3.12. The maximum Gasteiger partial charge on any atom is 0.233 e. The molecule has 0 aliphatic heterocycles. The molecule has 0 aliphatic rings. The number of furan rings is 1. The molecule has 4 aromatic rings. The summed E-state index contributed by atoms with van der Waals surface area (Å²) in [5.74, 6) is 1.45. The molecule has 0 fully saturated rings. The zero-order valence-corrected chi connectivity index (χ0v) is 17.5. The molecule has 0 saturated carbocycles.